The molecule has 0 aromatic carbocycles. The van der Waals surface area contributed by atoms with Gasteiger partial charge in [0, 0.05) is 17.1 Å². The van der Waals surface area contributed by atoms with Crippen LogP contribution in [0.15, 0.2) is 107 Å². The van der Waals surface area contributed by atoms with E-state index in [9.17, 15) is 14.4 Å². The first-order valence-electron chi connectivity index (χ1n) is 11.6. The number of nitrogens with one attached hydrogen (secondary N) is 3. The predicted molar refractivity (Wildman–Crippen MR) is 133 cm³/mol. The molecule has 3 aliphatic heterocycles. The van der Waals surface area contributed by atoms with Crippen molar-refractivity contribution >= 4 is 17.3 Å². The van der Waals surface area contributed by atoms with Crippen LogP contribution in [0, 0.1) is 0 Å². The van der Waals surface area contributed by atoms with E-state index in [1.54, 1.807) is 36.5 Å². The maximum absolute atomic E-state index is 11.3. The van der Waals surface area contributed by atoms with Gasteiger partial charge in [0.05, 0.1) is 36.4 Å². The van der Waals surface area contributed by atoms with Crippen LogP contribution in [0.3, 0.4) is 0 Å². The summed E-state index contributed by atoms with van der Waals surface area (Å²) in [6, 6.07) is 0. The molecule has 37 heavy (non-hydrogen) atoms. The molecule has 0 atom stereocenters. The van der Waals surface area contributed by atoms with Crippen molar-refractivity contribution in [1.82, 2.24) is 16.0 Å². The number of carbonyl (C=O) groups excluding carboxylic acids is 3. The van der Waals surface area contributed by atoms with E-state index in [1.165, 1.54) is 18.2 Å². The predicted octanol–water partition coefficient (Wildman–Crippen LogP) is 1.54. The van der Waals surface area contributed by atoms with Crippen LogP contribution >= 0.6 is 0 Å². The average molecular weight is 544 g/mol. The third kappa shape index (κ3) is 7.49. The molecular formula is C27H27MnN3O6. The summed E-state index contributed by atoms with van der Waals surface area (Å²) < 4.78 is 15.7. The van der Waals surface area contributed by atoms with Gasteiger partial charge in [0.15, 0.2) is 35.0 Å². The molecule has 3 saturated heterocycles. The van der Waals surface area contributed by atoms with Crippen LogP contribution in [0.25, 0.3) is 0 Å². The number of ether oxygens (including phenoxy) is 3. The van der Waals surface area contributed by atoms with E-state index in [2.05, 4.69) is 16.0 Å². The van der Waals surface area contributed by atoms with Crippen molar-refractivity contribution in [2.45, 2.75) is 0 Å². The van der Waals surface area contributed by atoms with Crippen LogP contribution in [0.2, 0.25) is 0 Å². The van der Waals surface area contributed by atoms with Crippen molar-refractivity contribution < 1.29 is 45.7 Å². The largest absolute Gasteiger partial charge is 0.477 e. The van der Waals surface area contributed by atoms with Crippen LogP contribution in [0.1, 0.15) is 0 Å². The minimum Gasteiger partial charge on any atom is -0.477 e. The molecule has 3 fully saturated rings. The van der Waals surface area contributed by atoms with E-state index in [4.69, 9.17) is 14.2 Å². The molecule has 3 aliphatic carbocycles. The molecule has 10 heteroatoms. The summed E-state index contributed by atoms with van der Waals surface area (Å²) in [7, 11) is 0. The quantitative estimate of drug-likeness (QED) is 0.309. The molecule has 1 radical (unpaired) electrons. The molecule has 0 aromatic heterocycles. The molecule has 0 aromatic rings. The minimum absolute atomic E-state index is 0. The van der Waals surface area contributed by atoms with Crippen LogP contribution in [-0.4, -0.2) is 56.8 Å². The Morgan fingerprint density at radius 2 is 0.730 bits per heavy atom. The molecule has 9 nitrogen and oxygen atoms in total. The normalized spacial score (nSPS) is 26.4. The summed E-state index contributed by atoms with van der Waals surface area (Å²) in [5, 5.41) is 9.02. The fourth-order valence-electron chi connectivity index (χ4n) is 3.59. The summed E-state index contributed by atoms with van der Waals surface area (Å²) in [4.78, 5) is 33.8. The fourth-order valence-corrected chi connectivity index (χ4v) is 3.59. The molecule has 0 bridgehead atoms. The molecule has 193 valence electrons. The molecule has 0 amide bonds. The molecule has 0 spiro atoms. The second-order valence-corrected chi connectivity index (χ2v) is 7.80. The first-order valence-corrected chi connectivity index (χ1v) is 11.6. The third-order valence-electron chi connectivity index (χ3n) is 5.30. The topological polar surface area (TPSA) is 115 Å². The van der Waals surface area contributed by atoms with Gasteiger partial charge in [-0.1, -0.05) is 36.5 Å². The fraction of sp³-hybridized carbons (Fsp3) is 0.222. The first kappa shape index (κ1) is 27.6. The summed E-state index contributed by atoms with van der Waals surface area (Å²) in [5.74, 6) is 1.84. The Bertz CT molecular complexity index is 1030. The van der Waals surface area contributed by atoms with Crippen molar-refractivity contribution in [1.29, 1.82) is 0 Å². The second-order valence-electron chi connectivity index (χ2n) is 7.80. The van der Waals surface area contributed by atoms with Gasteiger partial charge >= 0.3 is 0 Å². The zero-order chi connectivity index (χ0) is 25.2. The third-order valence-corrected chi connectivity index (χ3v) is 5.30. The average Bonchev–Trinajstić information content (AvgIpc) is 3.70. The van der Waals surface area contributed by atoms with Crippen LogP contribution in [-0.2, 0) is 45.7 Å². The van der Waals surface area contributed by atoms with Gasteiger partial charge in [-0.2, -0.15) is 0 Å². The summed E-state index contributed by atoms with van der Waals surface area (Å²) >= 11 is 0. The molecule has 6 rings (SSSR count). The van der Waals surface area contributed by atoms with Gasteiger partial charge in [-0.05, 0) is 36.5 Å². The Labute approximate surface area is 225 Å². The van der Waals surface area contributed by atoms with E-state index >= 15 is 0 Å². The zero-order valence-corrected chi connectivity index (χ0v) is 21.2. The standard InChI is InChI=1S/3C9H9NO2.Mn/c3*11-8-4-2-1-3-7(8)9-10-5-6-12-9;/h3*1-4,10H,5-6H2;/b3*9-7+;. The monoisotopic (exact) mass is 544 g/mol. The zero-order valence-electron chi connectivity index (χ0n) is 20.0. The van der Waals surface area contributed by atoms with Gasteiger partial charge in [-0.3, -0.25) is 14.4 Å². The molecule has 3 heterocycles. The van der Waals surface area contributed by atoms with Crippen molar-refractivity contribution in [2.75, 3.05) is 39.5 Å². The first-order chi connectivity index (χ1) is 17.6. The van der Waals surface area contributed by atoms with E-state index in [0.29, 0.717) is 54.2 Å². The van der Waals surface area contributed by atoms with Crippen molar-refractivity contribution in [2.24, 2.45) is 0 Å². The smallest absolute Gasteiger partial charge is 0.198 e. The van der Waals surface area contributed by atoms with Crippen molar-refractivity contribution in [3.05, 3.63) is 107 Å². The number of rotatable bonds is 0. The Balaban J connectivity index is 0.000000152. The van der Waals surface area contributed by atoms with Crippen LogP contribution in [0.4, 0.5) is 0 Å². The number of hydrogen-bond donors (Lipinski definition) is 3. The van der Waals surface area contributed by atoms with Gasteiger partial charge in [0.1, 0.15) is 19.8 Å². The number of hydrogen-bond acceptors (Lipinski definition) is 9. The van der Waals surface area contributed by atoms with Gasteiger partial charge < -0.3 is 30.2 Å². The minimum atomic E-state index is 0. The van der Waals surface area contributed by atoms with E-state index in [0.717, 1.165) is 19.6 Å². The van der Waals surface area contributed by atoms with E-state index < -0.39 is 0 Å². The van der Waals surface area contributed by atoms with Crippen molar-refractivity contribution in [3.63, 3.8) is 0 Å². The summed E-state index contributed by atoms with van der Waals surface area (Å²) in [5.41, 5.74) is 1.86. The van der Waals surface area contributed by atoms with Gasteiger partial charge in [-0.15, -0.1) is 0 Å². The Hall–Kier alpha value is -4.01. The van der Waals surface area contributed by atoms with Gasteiger partial charge in [-0.25, -0.2) is 0 Å². The van der Waals surface area contributed by atoms with Gasteiger partial charge in [0.25, 0.3) is 0 Å². The molecule has 6 aliphatic rings. The SMILES string of the molecule is O=C1C=CC=C/C1=C1/NCCO1.O=C1C=CC=C/C1=C1/NCCO1.O=C1C=CC=C/C1=C1/NCCO1.[Mn]. The molecule has 3 N–H and O–H groups in total. The Kier molecular flexibility index (Phi) is 10.4. The Morgan fingerprint density at radius 1 is 0.459 bits per heavy atom. The van der Waals surface area contributed by atoms with Gasteiger partial charge in [0.2, 0.25) is 0 Å². The summed E-state index contributed by atoms with van der Waals surface area (Å²) in [6.45, 7) is 4.27. The van der Waals surface area contributed by atoms with Crippen LogP contribution < -0.4 is 16.0 Å². The maximum Gasteiger partial charge on any atom is 0.198 e. The number of carbonyl (C=O) groups is 3. The molecule has 0 saturated carbocycles. The van der Waals surface area contributed by atoms with Crippen LogP contribution in [0.5, 0.6) is 0 Å². The van der Waals surface area contributed by atoms with Crippen molar-refractivity contribution in [3.8, 4) is 0 Å². The second kappa shape index (κ2) is 13.9. The van der Waals surface area contributed by atoms with E-state index in [1.807, 2.05) is 18.2 Å². The Morgan fingerprint density at radius 3 is 0.946 bits per heavy atom. The number of allylic oxidation sites excluding steroid dienone is 15. The summed E-state index contributed by atoms with van der Waals surface area (Å²) in [6.07, 6.45) is 20.5. The van der Waals surface area contributed by atoms with E-state index in [-0.39, 0.29) is 34.4 Å². The maximum atomic E-state index is 11.3. The molecular weight excluding hydrogens is 517 g/mol. The molecule has 0 unspecified atom stereocenters. The number of ketones is 3.